The van der Waals surface area contributed by atoms with Crippen LogP contribution in [0.5, 0.6) is 0 Å². The summed E-state index contributed by atoms with van der Waals surface area (Å²) in [4.78, 5) is 21.3. The quantitative estimate of drug-likeness (QED) is 0.499. The first-order valence-corrected chi connectivity index (χ1v) is 9.14. The molecular formula is C21H17FN6O. The van der Waals surface area contributed by atoms with Gasteiger partial charge in [0.15, 0.2) is 0 Å². The van der Waals surface area contributed by atoms with E-state index in [-0.39, 0.29) is 11.7 Å². The van der Waals surface area contributed by atoms with Crippen molar-refractivity contribution in [2.75, 3.05) is 5.32 Å². The second-order valence-corrected chi connectivity index (χ2v) is 6.76. The molecule has 0 aliphatic carbocycles. The summed E-state index contributed by atoms with van der Waals surface area (Å²) in [6.07, 6.45) is 3.32. The third-order valence-electron chi connectivity index (χ3n) is 5.00. The second-order valence-electron chi connectivity index (χ2n) is 6.76. The maximum atomic E-state index is 13.5. The van der Waals surface area contributed by atoms with Crippen molar-refractivity contribution in [3.05, 3.63) is 77.5 Å². The lowest BCUT2D eigenvalue weighted by Crippen LogP contribution is -2.13. The molecule has 0 radical (unpaired) electrons. The lowest BCUT2D eigenvalue weighted by molar-refractivity contribution is 0.0966. The maximum absolute atomic E-state index is 13.5. The molecule has 1 aliphatic heterocycles. The zero-order chi connectivity index (χ0) is 20.0. The van der Waals surface area contributed by atoms with Gasteiger partial charge in [-0.2, -0.15) is 0 Å². The zero-order valence-corrected chi connectivity index (χ0v) is 15.3. The summed E-state index contributed by atoms with van der Waals surface area (Å²) in [6, 6.07) is 12.1. The first-order chi connectivity index (χ1) is 14.1. The average Bonchev–Trinajstić information content (AvgIpc) is 3.32. The highest BCUT2D eigenvalue weighted by molar-refractivity contribution is 6.06. The Hall–Kier alpha value is -3.78. The van der Waals surface area contributed by atoms with E-state index in [1.54, 1.807) is 16.8 Å². The highest BCUT2D eigenvalue weighted by Gasteiger charge is 2.27. The van der Waals surface area contributed by atoms with Crippen molar-refractivity contribution in [2.24, 2.45) is 5.73 Å². The highest BCUT2D eigenvalue weighted by atomic mass is 19.1. The van der Waals surface area contributed by atoms with E-state index in [9.17, 15) is 9.18 Å². The van der Waals surface area contributed by atoms with Crippen LogP contribution in [0.1, 0.15) is 21.6 Å². The molecule has 5 rings (SSSR count). The van der Waals surface area contributed by atoms with E-state index in [4.69, 9.17) is 5.73 Å². The summed E-state index contributed by atoms with van der Waals surface area (Å²) in [5, 5.41) is 6.11. The van der Waals surface area contributed by atoms with Gasteiger partial charge in [0.05, 0.1) is 28.8 Å². The number of fused-ring (bicyclic) bond motifs is 2. The smallest absolute Gasteiger partial charge is 0.254 e. The third kappa shape index (κ3) is 2.90. The topological polar surface area (TPSA) is 97.3 Å². The van der Waals surface area contributed by atoms with Crippen LogP contribution < -0.4 is 16.4 Å². The molecule has 0 atom stereocenters. The van der Waals surface area contributed by atoms with Crippen molar-refractivity contribution < 1.29 is 9.18 Å². The van der Waals surface area contributed by atoms with E-state index in [2.05, 4.69) is 20.6 Å². The van der Waals surface area contributed by atoms with Gasteiger partial charge in [0.25, 0.3) is 5.91 Å². The molecule has 4 heterocycles. The number of amides is 1. The summed E-state index contributed by atoms with van der Waals surface area (Å²) in [6.45, 7) is 0.742. The Morgan fingerprint density at radius 1 is 1.24 bits per heavy atom. The molecule has 4 N–H and O–H groups in total. The number of anilines is 2. The lowest BCUT2D eigenvalue weighted by Gasteiger charge is -2.13. The number of nitrogens with zero attached hydrogens (tertiary/aromatic N) is 3. The number of nitrogens with two attached hydrogens (primary N) is 1. The van der Waals surface area contributed by atoms with Crippen LogP contribution in [-0.2, 0) is 13.1 Å². The molecule has 8 heteroatoms. The van der Waals surface area contributed by atoms with Crippen molar-refractivity contribution >= 4 is 23.1 Å². The summed E-state index contributed by atoms with van der Waals surface area (Å²) in [5.41, 5.74) is 10.7. The minimum Gasteiger partial charge on any atom is -0.348 e. The molecule has 0 bridgehead atoms. The van der Waals surface area contributed by atoms with Crippen LogP contribution in [-0.4, -0.2) is 20.3 Å². The van der Waals surface area contributed by atoms with Gasteiger partial charge in [-0.3, -0.25) is 9.20 Å². The Bertz CT molecular complexity index is 1270. The second kappa shape index (κ2) is 6.68. The molecule has 7 nitrogen and oxygen atoms in total. The number of hydrogen-bond donors (Lipinski definition) is 3. The van der Waals surface area contributed by atoms with Gasteiger partial charge >= 0.3 is 0 Å². The molecule has 0 fully saturated rings. The monoisotopic (exact) mass is 388 g/mol. The molecule has 0 saturated carbocycles. The SMILES string of the molecule is NCc1cccc(Nc2ccc(-c3cnc4cc(F)ccn34)c3c2C(=O)NC3)n1. The largest absolute Gasteiger partial charge is 0.348 e. The Kier molecular flexibility index (Phi) is 3.99. The van der Waals surface area contributed by atoms with Gasteiger partial charge in [0.1, 0.15) is 17.3 Å². The number of carbonyl (C=O) groups excluding carboxylic acids is 1. The van der Waals surface area contributed by atoms with Gasteiger partial charge in [0, 0.05) is 30.9 Å². The van der Waals surface area contributed by atoms with Gasteiger partial charge in [-0.05, 0) is 29.8 Å². The third-order valence-corrected chi connectivity index (χ3v) is 5.00. The van der Waals surface area contributed by atoms with Crippen molar-refractivity contribution in [2.45, 2.75) is 13.1 Å². The molecule has 3 aromatic heterocycles. The number of hydrogen-bond acceptors (Lipinski definition) is 5. The number of carbonyl (C=O) groups is 1. The fraction of sp³-hybridized carbons (Fsp3) is 0.0952. The van der Waals surface area contributed by atoms with E-state index in [0.717, 1.165) is 22.5 Å². The number of pyridine rings is 2. The fourth-order valence-corrected chi connectivity index (χ4v) is 3.65. The van der Waals surface area contributed by atoms with Crippen molar-refractivity contribution in [3.8, 4) is 11.3 Å². The molecule has 1 aromatic carbocycles. The summed E-state index contributed by atoms with van der Waals surface area (Å²) in [7, 11) is 0. The Morgan fingerprint density at radius 3 is 3.00 bits per heavy atom. The molecule has 4 aromatic rings. The standard InChI is InChI=1S/C21H17FN6O/c22-12-6-7-28-17(11-24-19(28)8-12)14-4-5-16(20-15(14)10-25-21(20)29)27-18-3-1-2-13(9-23)26-18/h1-8,11H,9-10,23H2,(H,25,29)(H,26,27). The Morgan fingerprint density at radius 2 is 2.14 bits per heavy atom. The van der Waals surface area contributed by atoms with Crippen LogP contribution in [0.15, 0.2) is 54.9 Å². The van der Waals surface area contributed by atoms with E-state index in [1.165, 1.54) is 12.1 Å². The number of halogens is 1. The van der Waals surface area contributed by atoms with E-state index < -0.39 is 0 Å². The van der Waals surface area contributed by atoms with Gasteiger partial charge < -0.3 is 16.4 Å². The number of aromatic nitrogens is 3. The Balaban J connectivity index is 1.61. The first kappa shape index (κ1) is 17.3. The predicted octanol–water partition coefficient (Wildman–Crippen LogP) is 2.98. The first-order valence-electron chi connectivity index (χ1n) is 9.14. The summed E-state index contributed by atoms with van der Waals surface area (Å²) >= 11 is 0. The summed E-state index contributed by atoms with van der Waals surface area (Å²) < 4.78 is 15.3. The van der Waals surface area contributed by atoms with Crippen LogP contribution in [0.2, 0.25) is 0 Å². The molecule has 0 spiro atoms. The highest BCUT2D eigenvalue weighted by Crippen LogP contribution is 2.35. The van der Waals surface area contributed by atoms with Crippen LogP contribution in [0.4, 0.5) is 15.9 Å². The van der Waals surface area contributed by atoms with Gasteiger partial charge in [-0.15, -0.1) is 0 Å². The van der Waals surface area contributed by atoms with Crippen molar-refractivity contribution in [3.63, 3.8) is 0 Å². The molecule has 144 valence electrons. The predicted molar refractivity (Wildman–Crippen MR) is 107 cm³/mol. The van der Waals surface area contributed by atoms with Gasteiger partial charge in [-0.25, -0.2) is 14.4 Å². The van der Waals surface area contributed by atoms with Crippen LogP contribution in [0.3, 0.4) is 0 Å². The summed E-state index contributed by atoms with van der Waals surface area (Å²) in [5.74, 6) is 0.121. The molecule has 0 saturated heterocycles. The molecular weight excluding hydrogens is 371 g/mol. The van der Waals surface area contributed by atoms with Gasteiger partial charge in [-0.1, -0.05) is 12.1 Å². The van der Waals surface area contributed by atoms with Crippen LogP contribution in [0, 0.1) is 5.82 Å². The lowest BCUT2D eigenvalue weighted by atomic mass is 9.99. The maximum Gasteiger partial charge on any atom is 0.254 e. The minimum atomic E-state index is -0.344. The van der Waals surface area contributed by atoms with Crippen LogP contribution in [0.25, 0.3) is 16.9 Å². The van der Waals surface area contributed by atoms with E-state index in [1.807, 2.05) is 30.3 Å². The molecule has 29 heavy (non-hydrogen) atoms. The fourth-order valence-electron chi connectivity index (χ4n) is 3.65. The van der Waals surface area contributed by atoms with Crippen molar-refractivity contribution in [1.82, 2.24) is 19.7 Å². The van der Waals surface area contributed by atoms with Gasteiger partial charge in [0.2, 0.25) is 0 Å². The number of rotatable bonds is 4. The van der Waals surface area contributed by atoms with Crippen molar-refractivity contribution in [1.29, 1.82) is 0 Å². The number of nitrogens with one attached hydrogen (secondary N) is 2. The Labute approximate surface area is 165 Å². The number of imidazole rings is 1. The molecule has 1 amide bonds. The van der Waals surface area contributed by atoms with Crippen LogP contribution >= 0.6 is 0 Å². The van der Waals surface area contributed by atoms with E-state index >= 15 is 0 Å². The molecule has 1 aliphatic rings. The zero-order valence-electron chi connectivity index (χ0n) is 15.3. The van der Waals surface area contributed by atoms with E-state index in [0.29, 0.717) is 35.8 Å². The minimum absolute atomic E-state index is 0.154. The number of benzene rings is 1. The normalized spacial score (nSPS) is 12.8. The molecule has 0 unspecified atom stereocenters. The average molecular weight is 388 g/mol.